The van der Waals surface area contributed by atoms with E-state index >= 15 is 0 Å². The van der Waals surface area contributed by atoms with Gasteiger partial charge in [0.2, 0.25) is 0 Å². The van der Waals surface area contributed by atoms with Crippen molar-refractivity contribution in [1.29, 1.82) is 0 Å². The van der Waals surface area contributed by atoms with E-state index in [1.807, 2.05) is 6.92 Å². The molecule has 2 unspecified atom stereocenters. The van der Waals surface area contributed by atoms with Gasteiger partial charge in [-0.15, -0.1) is 0 Å². The Morgan fingerprint density at radius 2 is 1.96 bits per heavy atom. The molecule has 0 fully saturated rings. The lowest BCUT2D eigenvalue weighted by Gasteiger charge is -2.20. The molecule has 2 rings (SSSR count). The summed E-state index contributed by atoms with van der Waals surface area (Å²) in [5, 5.41) is 14.3. The van der Waals surface area contributed by atoms with Gasteiger partial charge in [0.15, 0.2) is 6.10 Å². The van der Waals surface area contributed by atoms with Gasteiger partial charge in [0.1, 0.15) is 5.75 Å². The molecule has 2 aromatic carbocycles. The third-order valence-corrected chi connectivity index (χ3v) is 3.98. The Hall–Kier alpha value is -2.60. The zero-order valence-corrected chi connectivity index (χ0v) is 14.9. The number of nitrogens with one attached hydrogen (secondary N) is 1. The Morgan fingerprint density at radius 3 is 2.60 bits per heavy atom. The van der Waals surface area contributed by atoms with Gasteiger partial charge in [0.05, 0.1) is 11.0 Å². The smallest absolute Gasteiger partial charge is 0.269 e. The van der Waals surface area contributed by atoms with Gasteiger partial charge < -0.3 is 10.1 Å². The monoisotopic (exact) mass is 362 g/mol. The van der Waals surface area contributed by atoms with Crippen LogP contribution in [-0.4, -0.2) is 16.9 Å². The van der Waals surface area contributed by atoms with Crippen LogP contribution in [0.5, 0.6) is 5.75 Å². The number of hydrogen-bond acceptors (Lipinski definition) is 4. The first-order valence-corrected chi connectivity index (χ1v) is 8.13. The Morgan fingerprint density at radius 1 is 1.24 bits per heavy atom. The third kappa shape index (κ3) is 4.93. The molecular weight excluding hydrogens is 344 g/mol. The van der Waals surface area contributed by atoms with Crippen LogP contribution >= 0.6 is 11.6 Å². The molecule has 0 radical (unpaired) electrons. The zero-order chi connectivity index (χ0) is 18.6. The molecule has 6 nitrogen and oxygen atoms in total. The molecule has 132 valence electrons. The van der Waals surface area contributed by atoms with Crippen molar-refractivity contribution in [3.05, 3.63) is 68.7 Å². The number of rotatable bonds is 6. The van der Waals surface area contributed by atoms with E-state index < -0.39 is 11.0 Å². The van der Waals surface area contributed by atoms with Crippen molar-refractivity contribution in [3.63, 3.8) is 0 Å². The minimum absolute atomic E-state index is 0.0142. The molecule has 0 aliphatic carbocycles. The lowest BCUT2D eigenvalue weighted by atomic mass is 10.1. The summed E-state index contributed by atoms with van der Waals surface area (Å²) in [5.74, 6) is 0.267. The zero-order valence-electron chi connectivity index (χ0n) is 14.2. The number of amides is 1. The van der Waals surface area contributed by atoms with Crippen LogP contribution in [0.15, 0.2) is 42.5 Å². The van der Waals surface area contributed by atoms with E-state index in [9.17, 15) is 14.9 Å². The van der Waals surface area contributed by atoms with Crippen molar-refractivity contribution in [2.45, 2.75) is 32.9 Å². The standard InChI is InChI=1S/C18H19ClN2O4/c1-11-9-15(19)7-8-17(11)25-13(3)18(22)20-12(2)14-5-4-6-16(10-14)21(23)24/h4-10,12-13H,1-3H3,(H,20,22). The van der Waals surface area contributed by atoms with Gasteiger partial charge in [-0.05, 0) is 50.1 Å². The van der Waals surface area contributed by atoms with E-state index in [2.05, 4.69) is 5.32 Å². The highest BCUT2D eigenvalue weighted by Crippen LogP contribution is 2.23. The normalized spacial score (nSPS) is 13.0. The number of nitro groups is 1. The van der Waals surface area contributed by atoms with E-state index in [-0.39, 0.29) is 17.6 Å². The summed E-state index contributed by atoms with van der Waals surface area (Å²) >= 11 is 5.90. The topological polar surface area (TPSA) is 81.5 Å². The number of ether oxygens (including phenoxy) is 1. The first kappa shape index (κ1) is 18.7. The Labute approximate surface area is 150 Å². The maximum Gasteiger partial charge on any atom is 0.269 e. The van der Waals surface area contributed by atoms with Gasteiger partial charge >= 0.3 is 0 Å². The molecule has 0 aliphatic heterocycles. The summed E-state index contributed by atoms with van der Waals surface area (Å²) in [5.41, 5.74) is 1.47. The van der Waals surface area contributed by atoms with Gasteiger partial charge in [-0.1, -0.05) is 23.7 Å². The molecule has 0 bridgehead atoms. The predicted molar refractivity (Wildman–Crippen MR) is 95.9 cm³/mol. The highest BCUT2D eigenvalue weighted by atomic mass is 35.5. The number of carbonyl (C=O) groups excluding carboxylic acids is 1. The molecular formula is C18H19ClN2O4. The summed E-state index contributed by atoms with van der Waals surface area (Å²) in [7, 11) is 0. The fourth-order valence-electron chi connectivity index (χ4n) is 2.31. The van der Waals surface area contributed by atoms with Crippen LogP contribution in [0.4, 0.5) is 5.69 Å². The number of aryl methyl sites for hydroxylation is 1. The van der Waals surface area contributed by atoms with Crippen molar-refractivity contribution in [2.75, 3.05) is 0 Å². The van der Waals surface area contributed by atoms with Gasteiger partial charge in [-0.3, -0.25) is 14.9 Å². The molecule has 25 heavy (non-hydrogen) atoms. The molecule has 0 saturated carbocycles. The van der Waals surface area contributed by atoms with Gasteiger partial charge in [0, 0.05) is 17.2 Å². The minimum Gasteiger partial charge on any atom is -0.481 e. The van der Waals surface area contributed by atoms with Crippen LogP contribution in [0.25, 0.3) is 0 Å². The fraction of sp³-hybridized carbons (Fsp3) is 0.278. The summed E-state index contributed by atoms with van der Waals surface area (Å²) < 4.78 is 5.68. The predicted octanol–water partition coefficient (Wildman–Crippen LogP) is 4.20. The number of nitrogens with zero attached hydrogens (tertiary/aromatic N) is 1. The summed E-state index contributed by atoms with van der Waals surface area (Å²) in [4.78, 5) is 22.7. The van der Waals surface area contributed by atoms with E-state index in [4.69, 9.17) is 16.3 Å². The van der Waals surface area contributed by atoms with Crippen LogP contribution in [0.2, 0.25) is 5.02 Å². The maximum atomic E-state index is 12.3. The third-order valence-electron chi connectivity index (χ3n) is 3.75. The lowest BCUT2D eigenvalue weighted by molar-refractivity contribution is -0.384. The average molecular weight is 363 g/mol. The van der Waals surface area contributed by atoms with Crippen LogP contribution in [0, 0.1) is 17.0 Å². The van der Waals surface area contributed by atoms with Crippen LogP contribution in [0.1, 0.15) is 31.0 Å². The van der Waals surface area contributed by atoms with E-state index in [0.29, 0.717) is 16.3 Å². The van der Waals surface area contributed by atoms with Crippen molar-refractivity contribution in [1.82, 2.24) is 5.32 Å². The maximum absolute atomic E-state index is 12.3. The quantitative estimate of drug-likeness (QED) is 0.616. The average Bonchev–Trinajstić information content (AvgIpc) is 2.57. The molecule has 0 spiro atoms. The minimum atomic E-state index is -0.721. The van der Waals surface area contributed by atoms with Crippen LogP contribution in [0.3, 0.4) is 0 Å². The van der Waals surface area contributed by atoms with Gasteiger partial charge in [0.25, 0.3) is 11.6 Å². The summed E-state index contributed by atoms with van der Waals surface area (Å²) in [6.45, 7) is 5.25. The van der Waals surface area contributed by atoms with E-state index in [0.717, 1.165) is 5.56 Å². The largest absolute Gasteiger partial charge is 0.481 e. The number of halogens is 1. The molecule has 7 heteroatoms. The number of non-ortho nitro benzene ring substituents is 1. The Bertz CT molecular complexity index is 794. The second-order valence-electron chi connectivity index (χ2n) is 5.75. The highest BCUT2D eigenvalue weighted by molar-refractivity contribution is 6.30. The fourth-order valence-corrected chi connectivity index (χ4v) is 2.54. The molecule has 0 saturated heterocycles. The van der Waals surface area contributed by atoms with Gasteiger partial charge in [-0.2, -0.15) is 0 Å². The second kappa shape index (κ2) is 7.98. The second-order valence-corrected chi connectivity index (χ2v) is 6.19. The first-order chi connectivity index (χ1) is 11.8. The highest BCUT2D eigenvalue weighted by Gasteiger charge is 2.19. The van der Waals surface area contributed by atoms with Crippen LogP contribution < -0.4 is 10.1 Å². The summed E-state index contributed by atoms with van der Waals surface area (Å²) in [6, 6.07) is 11.0. The number of benzene rings is 2. The molecule has 1 N–H and O–H groups in total. The Kier molecular flexibility index (Phi) is 5.98. The lowest BCUT2D eigenvalue weighted by Crippen LogP contribution is -2.37. The van der Waals surface area contributed by atoms with Crippen molar-refractivity contribution >= 4 is 23.2 Å². The number of carbonyl (C=O) groups is 1. The van der Waals surface area contributed by atoms with E-state index in [1.54, 1.807) is 44.2 Å². The SMILES string of the molecule is Cc1cc(Cl)ccc1OC(C)C(=O)NC(C)c1cccc([N+](=O)[O-])c1. The molecule has 2 atom stereocenters. The first-order valence-electron chi connectivity index (χ1n) is 7.75. The molecule has 2 aromatic rings. The molecule has 0 aromatic heterocycles. The van der Waals surface area contributed by atoms with Gasteiger partial charge in [-0.25, -0.2) is 0 Å². The number of nitro benzene ring substituents is 1. The summed E-state index contributed by atoms with van der Waals surface area (Å²) in [6.07, 6.45) is -0.721. The van der Waals surface area contributed by atoms with Crippen molar-refractivity contribution in [2.24, 2.45) is 0 Å². The van der Waals surface area contributed by atoms with Crippen molar-refractivity contribution in [3.8, 4) is 5.75 Å². The number of hydrogen-bond donors (Lipinski definition) is 1. The molecule has 0 heterocycles. The van der Waals surface area contributed by atoms with Crippen LogP contribution in [-0.2, 0) is 4.79 Å². The van der Waals surface area contributed by atoms with Crippen molar-refractivity contribution < 1.29 is 14.5 Å². The molecule has 1 amide bonds. The Balaban J connectivity index is 2.02. The van der Waals surface area contributed by atoms with E-state index in [1.165, 1.54) is 12.1 Å². The molecule has 0 aliphatic rings.